The number of amides is 3. The van der Waals surface area contributed by atoms with Gasteiger partial charge >= 0.3 is 6.18 Å². The van der Waals surface area contributed by atoms with Crippen LogP contribution in [0, 0.1) is 12.8 Å². The van der Waals surface area contributed by atoms with Crippen LogP contribution in [0.5, 0.6) is 5.75 Å². The predicted octanol–water partition coefficient (Wildman–Crippen LogP) is 3.23. The van der Waals surface area contributed by atoms with Crippen LogP contribution in [0.2, 0.25) is 0 Å². The number of ether oxygens (including phenoxy) is 1. The lowest BCUT2D eigenvalue weighted by Gasteiger charge is -2.31. The van der Waals surface area contributed by atoms with Gasteiger partial charge in [0.25, 0.3) is 5.91 Å². The maximum atomic E-state index is 13.8. The summed E-state index contributed by atoms with van der Waals surface area (Å²) < 4.78 is 50.5. The highest BCUT2D eigenvalue weighted by atomic mass is 19.4. The van der Waals surface area contributed by atoms with Gasteiger partial charge < -0.3 is 25.2 Å². The summed E-state index contributed by atoms with van der Waals surface area (Å²) in [4.78, 5) is 46.1. The molecule has 3 atom stereocenters. The van der Waals surface area contributed by atoms with Crippen LogP contribution in [0.25, 0.3) is 0 Å². The molecular formula is C28H26F3N5O5. The number of aryl methyl sites for hydroxylation is 1. The van der Waals surface area contributed by atoms with Crippen LogP contribution in [0.4, 0.5) is 18.9 Å². The number of hydrogen-bond donors (Lipinski definition) is 2. The van der Waals surface area contributed by atoms with E-state index in [1.165, 1.54) is 18.1 Å². The molecule has 3 unspecified atom stereocenters. The summed E-state index contributed by atoms with van der Waals surface area (Å²) >= 11 is 0. The van der Waals surface area contributed by atoms with Gasteiger partial charge in [0.15, 0.2) is 0 Å². The van der Waals surface area contributed by atoms with Crippen molar-refractivity contribution in [3.63, 3.8) is 0 Å². The third kappa shape index (κ3) is 5.65. The minimum atomic E-state index is -4.62. The molecule has 0 spiro atoms. The summed E-state index contributed by atoms with van der Waals surface area (Å²) in [5.74, 6) is -5.38. The van der Waals surface area contributed by atoms with Crippen molar-refractivity contribution in [2.24, 2.45) is 16.6 Å². The number of benzene rings is 2. The average molecular weight is 570 g/mol. The Morgan fingerprint density at radius 2 is 1.93 bits per heavy atom. The number of carbonyl (C=O) groups excluding carboxylic acids is 3. The zero-order valence-corrected chi connectivity index (χ0v) is 21.9. The van der Waals surface area contributed by atoms with Crippen LogP contribution < -0.4 is 20.7 Å². The largest absolute Gasteiger partial charge is 0.490 e. The number of rotatable bonds is 8. The molecule has 5 rings (SSSR count). The first-order chi connectivity index (χ1) is 19.5. The molecule has 214 valence electrons. The number of carbonyl (C=O) groups is 3. The van der Waals surface area contributed by atoms with E-state index in [-0.39, 0.29) is 18.8 Å². The molecule has 3 amide bonds. The highest BCUT2D eigenvalue weighted by molar-refractivity contribution is 6.21. The molecule has 2 aliphatic rings. The smallest absolute Gasteiger partial charge is 0.389 e. The number of para-hydroxylation sites is 1. The lowest BCUT2D eigenvalue weighted by molar-refractivity contribution is -0.144. The van der Waals surface area contributed by atoms with Gasteiger partial charge in [0.05, 0.1) is 35.5 Å². The van der Waals surface area contributed by atoms with Crippen LogP contribution in [-0.2, 0) is 14.4 Å². The summed E-state index contributed by atoms with van der Waals surface area (Å²) in [6, 6.07) is 14.2. The number of anilines is 1. The number of aliphatic imine (C=N–C) groups is 1. The monoisotopic (exact) mass is 569 g/mol. The lowest BCUT2D eigenvalue weighted by Crippen LogP contribution is -2.52. The van der Waals surface area contributed by atoms with Gasteiger partial charge in [-0.05, 0) is 19.4 Å². The van der Waals surface area contributed by atoms with E-state index in [0.717, 1.165) is 0 Å². The number of nitrogens with two attached hydrogens (primary N) is 1. The Hall–Kier alpha value is -4.68. The molecular weight excluding hydrogens is 543 g/mol. The van der Waals surface area contributed by atoms with E-state index >= 15 is 0 Å². The number of alkyl halides is 3. The quantitative estimate of drug-likeness (QED) is 0.427. The Morgan fingerprint density at radius 1 is 1.17 bits per heavy atom. The van der Waals surface area contributed by atoms with E-state index in [2.05, 4.69) is 15.5 Å². The molecule has 0 bridgehead atoms. The molecule has 0 radical (unpaired) electrons. The summed E-state index contributed by atoms with van der Waals surface area (Å²) in [7, 11) is 0. The number of nitrogens with zero attached hydrogens (tertiary/aromatic N) is 3. The molecule has 13 heteroatoms. The van der Waals surface area contributed by atoms with E-state index in [1.54, 1.807) is 42.5 Å². The minimum Gasteiger partial charge on any atom is -0.490 e. The first-order valence-corrected chi connectivity index (χ1v) is 12.8. The molecule has 41 heavy (non-hydrogen) atoms. The second kappa shape index (κ2) is 11.1. The second-order valence-electron chi connectivity index (χ2n) is 9.77. The van der Waals surface area contributed by atoms with Crippen molar-refractivity contribution in [3.05, 3.63) is 77.2 Å². The second-order valence-corrected chi connectivity index (χ2v) is 9.77. The summed E-state index contributed by atoms with van der Waals surface area (Å²) in [5.41, 5.74) is 7.95. The third-order valence-corrected chi connectivity index (χ3v) is 7.04. The first kappa shape index (κ1) is 27.9. The summed E-state index contributed by atoms with van der Waals surface area (Å²) in [5, 5.41) is 6.24. The first-order valence-electron chi connectivity index (χ1n) is 12.8. The Morgan fingerprint density at radius 3 is 2.59 bits per heavy atom. The molecule has 0 saturated heterocycles. The van der Waals surface area contributed by atoms with Crippen molar-refractivity contribution in [2.75, 3.05) is 18.1 Å². The van der Waals surface area contributed by atoms with Gasteiger partial charge in [0.1, 0.15) is 18.6 Å². The maximum absolute atomic E-state index is 13.8. The van der Waals surface area contributed by atoms with Crippen molar-refractivity contribution in [2.45, 2.75) is 38.0 Å². The molecule has 0 saturated carbocycles. The number of nitrogens with one attached hydrogen (secondary N) is 1. The highest BCUT2D eigenvalue weighted by Gasteiger charge is 2.42. The highest BCUT2D eigenvalue weighted by Crippen LogP contribution is 2.39. The van der Waals surface area contributed by atoms with Gasteiger partial charge in [0.2, 0.25) is 18.0 Å². The van der Waals surface area contributed by atoms with Crippen molar-refractivity contribution >= 4 is 29.1 Å². The molecule has 1 aromatic heterocycles. The van der Waals surface area contributed by atoms with Crippen molar-refractivity contribution < 1.29 is 36.8 Å². The average Bonchev–Trinajstić information content (AvgIpc) is 3.31. The predicted molar refractivity (Wildman–Crippen MR) is 140 cm³/mol. The number of aromatic nitrogens is 1. The molecule has 0 fully saturated rings. The molecule has 2 aromatic carbocycles. The molecule has 3 aromatic rings. The Bertz CT molecular complexity index is 1500. The van der Waals surface area contributed by atoms with Crippen molar-refractivity contribution in [1.82, 2.24) is 10.5 Å². The summed E-state index contributed by atoms with van der Waals surface area (Å²) in [6.45, 7) is 1.87. The molecule has 0 aliphatic carbocycles. The van der Waals surface area contributed by atoms with E-state index in [1.807, 2.05) is 6.07 Å². The van der Waals surface area contributed by atoms with Crippen LogP contribution in [0.1, 0.15) is 41.1 Å². The van der Waals surface area contributed by atoms with Crippen molar-refractivity contribution in [3.8, 4) is 5.75 Å². The molecule has 2 aliphatic heterocycles. The SMILES string of the molecule is Cc1conc1C(C(N)=O)C(CCC(F)(F)F)C(=O)NC1N=C(c2ccccc2)c2cccc3c2N(CCO3)C1=O. The lowest BCUT2D eigenvalue weighted by atomic mass is 9.83. The maximum Gasteiger partial charge on any atom is 0.389 e. The zero-order valence-electron chi connectivity index (χ0n) is 21.9. The van der Waals surface area contributed by atoms with Crippen LogP contribution in [0.15, 0.2) is 64.3 Å². The standard InChI is InChI=1S/C28H26F3N5O5/c1-15-14-41-35-21(15)20(24(32)37)17(10-11-28(29,30)31)26(38)34-25-27(39)36-12-13-40-19-9-5-8-18(23(19)36)22(33-25)16-6-3-2-4-7-16/h2-9,14,17,20,25H,10-13H2,1H3,(H2,32,37)(H,34,38). The van der Waals surface area contributed by atoms with Gasteiger partial charge in [-0.15, -0.1) is 0 Å². The fourth-order valence-corrected chi connectivity index (χ4v) is 5.14. The van der Waals surface area contributed by atoms with Gasteiger partial charge in [0, 0.05) is 23.1 Å². The fraction of sp³-hybridized carbons (Fsp3) is 0.321. The van der Waals surface area contributed by atoms with E-state index in [0.29, 0.717) is 33.8 Å². The minimum absolute atomic E-state index is 0.0503. The van der Waals surface area contributed by atoms with Crippen LogP contribution in [0.3, 0.4) is 0 Å². The van der Waals surface area contributed by atoms with Gasteiger partial charge in [-0.1, -0.05) is 47.6 Å². The van der Waals surface area contributed by atoms with Crippen molar-refractivity contribution in [1.29, 1.82) is 0 Å². The normalized spacial score (nSPS) is 18.0. The third-order valence-electron chi connectivity index (χ3n) is 7.04. The topological polar surface area (TPSA) is 140 Å². The molecule has 3 N–H and O–H groups in total. The Balaban J connectivity index is 1.56. The van der Waals surface area contributed by atoms with Crippen LogP contribution in [-0.4, -0.2) is 54.1 Å². The Labute approximate surface area is 232 Å². The van der Waals surface area contributed by atoms with Gasteiger partial charge in [-0.3, -0.25) is 14.4 Å². The van der Waals surface area contributed by atoms with Crippen LogP contribution >= 0.6 is 0 Å². The van der Waals surface area contributed by atoms with Gasteiger partial charge in [-0.2, -0.15) is 13.2 Å². The number of halogens is 3. The Kier molecular flexibility index (Phi) is 7.52. The molecule has 3 heterocycles. The van der Waals surface area contributed by atoms with E-state index in [9.17, 15) is 27.6 Å². The number of primary amides is 1. The van der Waals surface area contributed by atoms with Gasteiger partial charge in [-0.25, -0.2) is 4.99 Å². The zero-order chi connectivity index (χ0) is 29.3. The summed E-state index contributed by atoms with van der Waals surface area (Å²) in [6.07, 6.45) is -7.10. The number of hydrogen-bond acceptors (Lipinski definition) is 7. The van der Waals surface area contributed by atoms with E-state index in [4.69, 9.17) is 15.0 Å². The molecule has 10 nitrogen and oxygen atoms in total. The van der Waals surface area contributed by atoms with E-state index < -0.39 is 54.7 Å². The fourth-order valence-electron chi connectivity index (χ4n) is 5.14.